The number of para-hydroxylation sites is 1. The molecule has 20 heavy (non-hydrogen) atoms. The van der Waals surface area contributed by atoms with Crippen molar-refractivity contribution >= 4 is 17.4 Å². The van der Waals surface area contributed by atoms with E-state index in [9.17, 15) is 9.90 Å². The van der Waals surface area contributed by atoms with E-state index >= 15 is 0 Å². The van der Waals surface area contributed by atoms with Gasteiger partial charge in [-0.05, 0) is 24.3 Å². The number of phenolic OH excluding ortho intramolecular Hbond substituents is 1. The molecule has 2 heterocycles. The van der Waals surface area contributed by atoms with Crippen molar-refractivity contribution < 1.29 is 5.11 Å². The Balaban J connectivity index is 1.73. The molecule has 0 aliphatic carbocycles. The van der Waals surface area contributed by atoms with E-state index in [0.29, 0.717) is 17.9 Å². The molecule has 3 aromatic rings. The quantitative estimate of drug-likeness (QED) is 0.746. The number of aryl methyl sites for hydroxylation is 1. The van der Waals surface area contributed by atoms with Gasteiger partial charge in [0.25, 0.3) is 0 Å². The molecule has 1 aromatic carbocycles. The molecule has 1 N–H and O–H groups in total. The third-order valence-electron chi connectivity index (χ3n) is 2.91. The first kappa shape index (κ1) is 12.8. The first-order valence-corrected chi connectivity index (χ1v) is 7.19. The number of fused-ring (bicyclic) bond motifs is 1. The van der Waals surface area contributed by atoms with E-state index in [1.807, 2.05) is 18.2 Å². The third kappa shape index (κ3) is 2.42. The summed E-state index contributed by atoms with van der Waals surface area (Å²) in [4.78, 5) is 12.9. The molecule has 3 rings (SSSR count). The molecule has 0 radical (unpaired) electrons. The van der Waals surface area contributed by atoms with Gasteiger partial charge in [0.05, 0.1) is 6.54 Å². The summed E-state index contributed by atoms with van der Waals surface area (Å²) in [6, 6.07) is 12.6. The molecule has 0 bridgehead atoms. The molecule has 2 aromatic heterocycles. The topological polar surface area (TPSA) is 59.5 Å². The Labute approximate surface area is 119 Å². The van der Waals surface area contributed by atoms with Crippen molar-refractivity contribution in [3.05, 3.63) is 59.1 Å². The zero-order valence-corrected chi connectivity index (χ0v) is 11.5. The number of hydrogen-bond donors (Lipinski definition) is 1. The van der Waals surface area contributed by atoms with Crippen LogP contribution in [0.2, 0.25) is 0 Å². The van der Waals surface area contributed by atoms with Crippen LogP contribution in [0.15, 0.2) is 58.4 Å². The minimum Gasteiger partial charge on any atom is -0.507 e. The fraction of sp³-hybridized carbons (Fsp3) is 0.143. The first-order chi connectivity index (χ1) is 9.75. The van der Waals surface area contributed by atoms with E-state index in [4.69, 9.17) is 0 Å². The Bertz CT molecular complexity index is 794. The predicted octanol–water partition coefficient (Wildman–Crippen LogP) is 1.99. The zero-order chi connectivity index (χ0) is 13.9. The monoisotopic (exact) mass is 287 g/mol. The number of phenols is 1. The van der Waals surface area contributed by atoms with E-state index in [0.717, 1.165) is 4.90 Å². The lowest BCUT2D eigenvalue weighted by molar-refractivity contribution is 0.462. The standard InChI is InChI=1S/C14H13N3O2S/c18-11-5-1-2-6-12(11)20-10-9-17-14(19)16-8-4-3-7-13(16)15-17/h1-8,18H,9-10H2. The van der Waals surface area contributed by atoms with E-state index in [2.05, 4.69) is 5.10 Å². The molecule has 0 saturated carbocycles. The van der Waals surface area contributed by atoms with Gasteiger partial charge >= 0.3 is 5.69 Å². The van der Waals surface area contributed by atoms with Crippen molar-refractivity contribution in [1.82, 2.24) is 14.2 Å². The highest BCUT2D eigenvalue weighted by molar-refractivity contribution is 7.99. The third-order valence-corrected chi connectivity index (χ3v) is 3.96. The van der Waals surface area contributed by atoms with Crippen molar-refractivity contribution in [1.29, 1.82) is 0 Å². The van der Waals surface area contributed by atoms with Crippen LogP contribution in [0.1, 0.15) is 0 Å². The summed E-state index contributed by atoms with van der Waals surface area (Å²) >= 11 is 1.50. The second-order valence-corrected chi connectivity index (χ2v) is 5.39. The molecule has 0 atom stereocenters. The van der Waals surface area contributed by atoms with Crippen LogP contribution < -0.4 is 5.69 Å². The van der Waals surface area contributed by atoms with Gasteiger partial charge in [0, 0.05) is 16.8 Å². The van der Waals surface area contributed by atoms with Crippen LogP contribution in [0.4, 0.5) is 0 Å². The largest absolute Gasteiger partial charge is 0.507 e. The van der Waals surface area contributed by atoms with Crippen molar-refractivity contribution in [3.63, 3.8) is 0 Å². The van der Waals surface area contributed by atoms with Crippen LogP contribution >= 0.6 is 11.8 Å². The van der Waals surface area contributed by atoms with Gasteiger partial charge in [-0.25, -0.2) is 9.48 Å². The number of pyridine rings is 1. The fourth-order valence-corrected chi connectivity index (χ4v) is 2.81. The van der Waals surface area contributed by atoms with Crippen molar-refractivity contribution in [2.24, 2.45) is 0 Å². The lowest BCUT2D eigenvalue weighted by Gasteiger charge is -2.03. The molecule has 5 nitrogen and oxygen atoms in total. The number of thioether (sulfide) groups is 1. The molecule has 0 fully saturated rings. The number of hydrogen-bond acceptors (Lipinski definition) is 4. The first-order valence-electron chi connectivity index (χ1n) is 6.21. The van der Waals surface area contributed by atoms with Gasteiger partial charge in [-0.15, -0.1) is 16.9 Å². The number of aromatic hydroxyl groups is 1. The van der Waals surface area contributed by atoms with Crippen LogP contribution in [0, 0.1) is 0 Å². The summed E-state index contributed by atoms with van der Waals surface area (Å²) in [5, 5.41) is 13.9. The maximum Gasteiger partial charge on any atom is 0.350 e. The summed E-state index contributed by atoms with van der Waals surface area (Å²) in [5.74, 6) is 0.932. The highest BCUT2D eigenvalue weighted by Gasteiger charge is 2.06. The summed E-state index contributed by atoms with van der Waals surface area (Å²) in [6.45, 7) is 0.500. The summed E-state index contributed by atoms with van der Waals surface area (Å²) < 4.78 is 2.97. The Morgan fingerprint density at radius 2 is 1.95 bits per heavy atom. The van der Waals surface area contributed by atoms with Gasteiger partial charge in [0.1, 0.15) is 5.75 Å². The molecular weight excluding hydrogens is 274 g/mol. The van der Waals surface area contributed by atoms with Gasteiger partial charge in [0.15, 0.2) is 5.65 Å². The van der Waals surface area contributed by atoms with Crippen molar-refractivity contribution in [3.8, 4) is 5.75 Å². The Morgan fingerprint density at radius 3 is 2.75 bits per heavy atom. The van der Waals surface area contributed by atoms with Gasteiger partial charge in [-0.2, -0.15) is 0 Å². The molecule has 0 unspecified atom stereocenters. The zero-order valence-electron chi connectivity index (χ0n) is 10.6. The molecule has 0 aliphatic rings. The van der Waals surface area contributed by atoms with Crippen LogP contribution in [0.5, 0.6) is 5.75 Å². The van der Waals surface area contributed by atoms with Crippen molar-refractivity contribution in [2.45, 2.75) is 11.4 Å². The Hall–Kier alpha value is -2.21. The normalized spacial score (nSPS) is 11.0. The maximum absolute atomic E-state index is 12.0. The van der Waals surface area contributed by atoms with Crippen LogP contribution in [-0.2, 0) is 6.54 Å². The highest BCUT2D eigenvalue weighted by atomic mass is 32.2. The lowest BCUT2D eigenvalue weighted by atomic mass is 10.3. The van der Waals surface area contributed by atoms with Crippen LogP contribution in [0.25, 0.3) is 5.65 Å². The number of rotatable bonds is 4. The second kappa shape index (κ2) is 5.42. The number of aromatic nitrogens is 3. The SMILES string of the molecule is O=c1n(CCSc2ccccc2O)nc2ccccn12. The van der Waals surface area contributed by atoms with Crippen LogP contribution in [0.3, 0.4) is 0 Å². The molecular formula is C14H13N3O2S. The van der Waals surface area contributed by atoms with E-state index in [1.165, 1.54) is 20.8 Å². The molecule has 0 saturated heterocycles. The molecule has 0 spiro atoms. The van der Waals surface area contributed by atoms with Gasteiger partial charge in [0.2, 0.25) is 0 Å². The summed E-state index contributed by atoms with van der Waals surface area (Å²) in [7, 11) is 0. The molecule has 0 amide bonds. The van der Waals surface area contributed by atoms with Gasteiger partial charge in [-0.1, -0.05) is 18.2 Å². The summed E-state index contributed by atoms with van der Waals surface area (Å²) in [5.41, 5.74) is 0.503. The minimum atomic E-state index is -0.140. The summed E-state index contributed by atoms with van der Waals surface area (Å²) in [6.07, 6.45) is 1.71. The van der Waals surface area contributed by atoms with Gasteiger partial charge < -0.3 is 5.11 Å². The molecule has 6 heteroatoms. The average molecular weight is 287 g/mol. The Morgan fingerprint density at radius 1 is 1.15 bits per heavy atom. The smallest absolute Gasteiger partial charge is 0.350 e. The predicted molar refractivity (Wildman–Crippen MR) is 78.3 cm³/mol. The van der Waals surface area contributed by atoms with E-state index in [1.54, 1.807) is 30.5 Å². The minimum absolute atomic E-state index is 0.140. The van der Waals surface area contributed by atoms with Crippen LogP contribution in [-0.4, -0.2) is 25.0 Å². The number of benzene rings is 1. The molecule has 102 valence electrons. The average Bonchev–Trinajstić information content (AvgIpc) is 2.78. The van der Waals surface area contributed by atoms with Gasteiger partial charge in [-0.3, -0.25) is 4.40 Å². The maximum atomic E-state index is 12.0. The lowest BCUT2D eigenvalue weighted by Crippen LogP contribution is -2.21. The van der Waals surface area contributed by atoms with Crippen molar-refractivity contribution in [2.75, 3.05) is 5.75 Å². The number of nitrogens with zero attached hydrogens (tertiary/aromatic N) is 3. The fourth-order valence-electron chi connectivity index (χ4n) is 1.94. The Kier molecular flexibility index (Phi) is 3.47. The molecule has 0 aliphatic heterocycles. The van der Waals surface area contributed by atoms with E-state index < -0.39 is 0 Å². The second-order valence-electron chi connectivity index (χ2n) is 4.25. The van der Waals surface area contributed by atoms with E-state index in [-0.39, 0.29) is 11.4 Å². The highest BCUT2D eigenvalue weighted by Crippen LogP contribution is 2.27.